The highest BCUT2D eigenvalue weighted by molar-refractivity contribution is 6.68. The van der Waals surface area contributed by atoms with Crippen LogP contribution in [0.5, 0.6) is 0 Å². The summed E-state index contributed by atoms with van der Waals surface area (Å²) in [6, 6.07) is 9.66. The number of hydrogen-bond donors (Lipinski definition) is 0. The van der Waals surface area contributed by atoms with E-state index in [0.717, 1.165) is 6.07 Å². The normalized spacial score (nSPS) is 10.3. The third-order valence-corrected chi connectivity index (χ3v) is 2.53. The molecule has 1 nitrogen and oxygen atoms in total. The van der Waals surface area contributed by atoms with E-state index < -0.39 is 16.9 Å². The molecule has 0 fully saturated rings. The Kier molecular flexibility index (Phi) is 3.20. The van der Waals surface area contributed by atoms with Crippen molar-refractivity contribution in [3.05, 3.63) is 59.7 Å². The van der Waals surface area contributed by atoms with Gasteiger partial charge in [-0.3, -0.25) is 4.79 Å². The Balaban J connectivity index is 2.67. The molecule has 0 unspecified atom stereocenters. The molecule has 0 aliphatic rings. The van der Waals surface area contributed by atoms with Crippen molar-refractivity contribution in [1.82, 2.24) is 0 Å². The van der Waals surface area contributed by atoms with E-state index in [1.807, 2.05) is 0 Å². The lowest BCUT2D eigenvalue weighted by atomic mass is 10.00. The van der Waals surface area contributed by atoms with Crippen LogP contribution in [0.4, 0.5) is 8.78 Å². The first-order valence-corrected chi connectivity index (χ1v) is 5.21. The van der Waals surface area contributed by atoms with Gasteiger partial charge in [-0.1, -0.05) is 24.3 Å². The van der Waals surface area contributed by atoms with Crippen LogP contribution in [0.2, 0.25) is 0 Å². The third kappa shape index (κ3) is 2.34. The van der Waals surface area contributed by atoms with Gasteiger partial charge in [-0.2, -0.15) is 0 Å². The van der Waals surface area contributed by atoms with E-state index in [4.69, 9.17) is 11.6 Å². The van der Waals surface area contributed by atoms with Crippen LogP contribution in [0.3, 0.4) is 0 Å². The second kappa shape index (κ2) is 4.63. The van der Waals surface area contributed by atoms with E-state index in [-0.39, 0.29) is 11.1 Å². The first kappa shape index (κ1) is 11.7. The number of carbonyl (C=O) groups excluding carboxylic acids is 1. The van der Waals surface area contributed by atoms with Crippen molar-refractivity contribution in [2.24, 2.45) is 0 Å². The van der Waals surface area contributed by atoms with Crippen LogP contribution < -0.4 is 0 Å². The molecular formula is C13H7ClF2O. The molecule has 2 aromatic carbocycles. The third-order valence-electron chi connectivity index (χ3n) is 2.35. The lowest BCUT2D eigenvalue weighted by Gasteiger charge is -2.07. The minimum Gasteiger partial charge on any atom is -0.275 e. The van der Waals surface area contributed by atoms with Crippen molar-refractivity contribution in [1.29, 1.82) is 0 Å². The molecule has 86 valence electrons. The Morgan fingerprint density at radius 2 is 1.76 bits per heavy atom. The molecule has 0 aromatic heterocycles. The summed E-state index contributed by atoms with van der Waals surface area (Å²) in [6.45, 7) is 0. The highest BCUT2D eigenvalue weighted by atomic mass is 35.5. The lowest BCUT2D eigenvalue weighted by Crippen LogP contribution is -1.98. The molecule has 17 heavy (non-hydrogen) atoms. The number of halogens is 3. The van der Waals surface area contributed by atoms with Gasteiger partial charge in [0.15, 0.2) is 0 Å². The summed E-state index contributed by atoms with van der Waals surface area (Å²) in [4.78, 5) is 11.2. The van der Waals surface area contributed by atoms with Gasteiger partial charge in [0, 0.05) is 0 Å². The van der Waals surface area contributed by atoms with Crippen molar-refractivity contribution >= 4 is 16.8 Å². The van der Waals surface area contributed by atoms with Crippen molar-refractivity contribution in [2.45, 2.75) is 0 Å². The predicted molar refractivity (Wildman–Crippen MR) is 62.0 cm³/mol. The largest absolute Gasteiger partial charge is 0.275 e. The van der Waals surface area contributed by atoms with Crippen LogP contribution in [0, 0.1) is 11.6 Å². The van der Waals surface area contributed by atoms with Crippen LogP contribution >= 0.6 is 11.6 Å². The van der Waals surface area contributed by atoms with Gasteiger partial charge < -0.3 is 0 Å². The van der Waals surface area contributed by atoms with Crippen molar-refractivity contribution in [2.75, 3.05) is 0 Å². The summed E-state index contributed by atoms with van der Waals surface area (Å²) in [5.74, 6) is -1.17. The summed E-state index contributed by atoms with van der Waals surface area (Å²) in [5, 5.41) is -0.901. The molecule has 0 saturated carbocycles. The Bertz CT molecular complexity index is 581. The van der Waals surface area contributed by atoms with Gasteiger partial charge in [0.25, 0.3) is 5.24 Å². The first-order chi connectivity index (χ1) is 8.09. The molecular weight excluding hydrogens is 246 g/mol. The summed E-state index contributed by atoms with van der Waals surface area (Å²) < 4.78 is 26.6. The fourth-order valence-corrected chi connectivity index (χ4v) is 1.81. The van der Waals surface area contributed by atoms with E-state index in [1.165, 1.54) is 30.3 Å². The van der Waals surface area contributed by atoms with E-state index in [9.17, 15) is 13.6 Å². The molecule has 2 aromatic rings. The fraction of sp³-hybridized carbons (Fsp3) is 0. The summed E-state index contributed by atoms with van der Waals surface area (Å²) in [6.07, 6.45) is 0. The van der Waals surface area contributed by atoms with Crippen molar-refractivity contribution in [3.63, 3.8) is 0 Å². The molecule has 0 atom stereocenters. The molecule has 0 N–H and O–H groups in total. The fourth-order valence-electron chi connectivity index (χ4n) is 1.62. The topological polar surface area (TPSA) is 17.1 Å². The van der Waals surface area contributed by atoms with E-state index in [2.05, 4.69) is 0 Å². The van der Waals surface area contributed by atoms with Crippen molar-refractivity contribution in [3.8, 4) is 11.1 Å². The quantitative estimate of drug-likeness (QED) is 0.738. The molecule has 4 heteroatoms. The summed E-state index contributed by atoms with van der Waals surface area (Å²) in [5.41, 5.74) is 0.456. The maximum Gasteiger partial charge on any atom is 0.255 e. The zero-order valence-electron chi connectivity index (χ0n) is 8.58. The van der Waals surface area contributed by atoms with Crippen LogP contribution in [0.15, 0.2) is 42.5 Å². The lowest BCUT2D eigenvalue weighted by molar-refractivity contribution is 0.107. The van der Waals surface area contributed by atoms with Gasteiger partial charge in [0.1, 0.15) is 11.6 Å². The zero-order chi connectivity index (χ0) is 12.4. The Morgan fingerprint density at radius 3 is 2.41 bits per heavy atom. The van der Waals surface area contributed by atoms with Gasteiger partial charge in [0.2, 0.25) is 0 Å². The van der Waals surface area contributed by atoms with Gasteiger partial charge in [0.05, 0.1) is 5.56 Å². The smallest absolute Gasteiger partial charge is 0.255 e. The Hall–Kier alpha value is -1.74. The monoisotopic (exact) mass is 252 g/mol. The molecule has 0 saturated heterocycles. The molecule has 0 bridgehead atoms. The van der Waals surface area contributed by atoms with E-state index in [1.54, 1.807) is 6.07 Å². The van der Waals surface area contributed by atoms with Crippen LogP contribution in [-0.2, 0) is 0 Å². The second-order valence-corrected chi connectivity index (χ2v) is 3.79. The predicted octanol–water partition coefficient (Wildman–Crippen LogP) is 4.01. The SMILES string of the molecule is O=C(Cl)c1c(F)cccc1-c1cccc(F)c1. The van der Waals surface area contributed by atoms with Gasteiger partial charge in [-0.05, 0) is 40.9 Å². The molecule has 0 heterocycles. The molecule has 0 amide bonds. The summed E-state index contributed by atoms with van der Waals surface area (Å²) in [7, 11) is 0. The minimum absolute atomic E-state index is 0.236. The second-order valence-electron chi connectivity index (χ2n) is 3.45. The Morgan fingerprint density at radius 1 is 1.06 bits per heavy atom. The van der Waals surface area contributed by atoms with Gasteiger partial charge in [-0.15, -0.1) is 0 Å². The molecule has 0 radical (unpaired) electrons. The van der Waals surface area contributed by atoms with Crippen LogP contribution in [0.25, 0.3) is 11.1 Å². The zero-order valence-corrected chi connectivity index (χ0v) is 9.34. The number of benzene rings is 2. The van der Waals surface area contributed by atoms with E-state index in [0.29, 0.717) is 5.56 Å². The number of hydrogen-bond acceptors (Lipinski definition) is 1. The van der Waals surface area contributed by atoms with Crippen molar-refractivity contribution < 1.29 is 13.6 Å². The number of rotatable bonds is 2. The molecule has 2 rings (SSSR count). The summed E-state index contributed by atoms with van der Waals surface area (Å²) >= 11 is 5.33. The highest BCUT2D eigenvalue weighted by Crippen LogP contribution is 2.27. The van der Waals surface area contributed by atoms with Gasteiger partial charge >= 0.3 is 0 Å². The van der Waals surface area contributed by atoms with E-state index >= 15 is 0 Å². The maximum absolute atomic E-state index is 13.5. The molecule has 0 aliphatic heterocycles. The average Bonchev–Trinajstić information content (AvgIpc) is 2.28. The average molecular weight is 253 g/mol. The molecule has 0 spiro atoms. The minimum atomic E-state index is -0.901. The van der Waals surface area contributed by atoms with Crippen LogP contribution in [0.1, 0.15) is 10.4 Å². The van der Waals surface area contributed by atoms with Crippen LogP contribution in [-0.4, -0.2) is 5.24 Å². The highest BCUT2D eigenvalue weighted by Gasteiger charge is 2.15. The molecule has 0 aliphatic carbocycles. The maximum atomic E-state index is 13.5. The van der Waals surface area contributed by atoms with Gasteiger partial charge in [-0.25, -0.2) is 8.78 Å². The Labute approximate surface area is 102 Å². The first-order valence-electron chi connectivity index (χ1n) is 4.84. The standard InChI is InChI=1S/C13H7ClF2O/c14-13(17)12-10(5-2-6-11(12)16)8-3-1-4-9(15)7-8/h1-7H. The number of carbonyl (C=O) groups is 1.